The van der Waals surface area contributed by atoms with Crippen molar-refractivity contribution < 1.29 is 52.5 Å². The number of imidazole rings is 1. The summed E-state index contributed by atoms with van der Waals surface area (Å²) in [5, 5.41) is 11.6. The molecular weight excluding hydrogens is 692 g/mol. The summed E-state index contributed by atoms with van der Waals surface area (Å²) in [6.07, 6.45) is 5.87. The minimum Gasteiger partial charge on any atom is -0.497 e. The molecule has 6 rings (SSSR count). The number of aliphatic hydroxyl groups is 1. The van der Waals surface area contributed by atoms with Crippen molar-refractivity contribution in [2.24, 2.45) is 0 Å². The maximum atomic E-state index is 14.4. The Morgan fingerprint density at radius 2 is 1.75 bits per heavy atom. The highest BCUT2D eigenvalue weighted by atomic mass is 16.7. The molecule has 1 fully saturated rings. The fourth-order valence-corrected chi connectivity index (χ4v) is 6.28. The van der Waals surface area contributed by atoms with Gasteiger partial charge in [-0.1, -0.05) is 6.08 Å². The smallest absolute Gasteiger partial charge is 0.251 e. The van der Waals surface area contributed by atoms with Gasteiger partial charge in [-0.15, -0.1) is 0 Å². The second kappa shape index (κ2) is 16.8. The maximum Gasteiger partial charge on any atom is 0.251 e. The molecule has 2 aliphatic heterocycles. The zero-order valence-electron chi connectivity index (χ0n) is 30.0. The Hall–Kier alpha value is -5.62. The summed E-state index contributed by atoms with van der Waals surface area (Å²) in [6, 6.07) is 7.00. The van der Waals surface area contributed by atoms with E-state index in [0.717, 1.165) is 0 Å². The van der Waals surface area contributed by atoms with E-state index in [2.05, 4.69) is 15.0 Å². The minimum absolute atomic E-state index is 0.0517. The molecule has 53 heavy (non-hydrogen) atoms. The van der Waals surface area contributed by atoms with Gasteiger partial charge >= 0.3 is 0 Å². The van der Waals surface area contributed by atoms with Crippen LogP contribution in [0.4, 0.5) is 11.5 Å². The molecule has 2 bridgehead atoms. The number of hydrogen-bond acceptors (Lipinski definition) is 15. The molecule has 2 aromatic heterocycles. The van der Waals surface area contributed by atoms with Gasteiger partial charge in [-0.2, -0.15) is 0 Å². The van der Waals surface area contributed by atoms with Crippen molar-refractivity contribution >= 4 is 28.6 Å². The van der Waals surface area contributed by atoms with E-state index in [1.54, 1.807) is 49.1 Å². The normalized spacial score (nSPS) is 21.3. The Morgan fingerprint density at radius 1 is 0.943 bits per heavy atom. The maximum absolute atomic E-state index is 14.4. The molecular formula is C36H42N6O11. The number of rotatable bonds is 12. The summed E-state index contributed by atoms with van der Waals surface area (Å²) >= 11 is 0. The van der Waals surface area contributed by atoms with E-state index in [9.17, 15) is 9.90 Å². The van der Waals surface area contributed by atoms with Gasteiger partial charge in [0.15, 0.2) is 54.6 Å². The first kappa shape index (κ1) is 37.1. The Morgan fingerprint density at radius 3 is 2.51 bits per heavy atom. The van der Waals surface area contributed by atoms with Crippen LogP contribution in [0.3, 0.4) is 0 Å². The number of allylic oxidation sites excluding steroid dienone is 1. The summed E-state index contributed by atoms with van der Waals surface area (Å²) in [5.74, 6) is 1.82. The SMILES string of the molecule is COCOc1cc2c(OCOC)c(c1OC)C/C=C\O[C@H]1[C@@H](O)[C@H](n3cnc4c(N)ncnc43)O[C@@H]1C/C=C\C(=O)N2Cc1ccc(OC)cc1OC. The van der Waals surface area contributed by atoms with Gasteiger partial charge in [0.25, 0.3) is 5.91 Å². The van der Waals surface area contributed by atoms with Crippen LogP contribution in [0.5, 0.6) is 28.7 Å². The average molecular weight is 735 g/mol. The number of aliphatic hydroxyl groups excluding tert-OH is 1. The highest BCUT2D eigenvalue weighted by Crippen LogP contribution is 2.47. The lowest BCUT2D eigenvalue weighted by Gasteiger charge is -2.28. The lowest BCUT2D eigenvalue weighted by Crippen LogP contribution is -2.33. The van der Waals surface area contributed by atoms with E-state index in [-0.39, 0.29) is 38.8 Å². The Kier molecular flexibility index (Phi) is 11.8. The molecule has 0 spiro atoms. The van der Waals surface area contributed by atoms with Crippen molar-refractivity contribution in [1.29, 1.82) is 0 Å². The molecule has 282 valence electrons. The summed E-state index contributed by atoms with van der Waals surface area (Å²) < 4.78 is 53.7. The lowest BCUT2D eigenvalue weighted by molar-refractivity contribution is -0.114. The van der Waals surface area contributed by atoms with E-state index in [0.29, 0.717) is 56.7 Å². The standard InChI is InChI=1S/C36H42N6O11/c1-45-19-51-27-15-24-31(52-20-46-2)23(32(27)49-5)8-7-13-50-33-25(53-36(30(33)44)42-18-40-29-34(37)38-17-39-35(29)42)9-6-10-28(43)41(24)16-21-11-12-22(47-3)14-26(21)48-4/h6-7,10-15,17-18,25,30,33,36,44H,8-9,16,19-20H2,1-5H3,(H2,37,38,39)/b10-6-,13-7-/t25-,30-,33-,36-/m1/s1. The minimum atomic E-state index is -1.17. The van der Waals surface area contributed by atoms with Gasteiger partial charge < -0.3 is 58.4 Å². The zero-order valence-corrected chi connectivity index (χ0v) is 30.0. The largest absolute Gasteiger partial charge is 0.497 e. The van der Waals surface area contributed by atoms with Crippen LogP contribution in [-0.2, 0) is 36.7 Å². The number of fused-ring (bicyclic) bond motifs is 4. The van der Waals surface area contributed by atoms with Crippen LogP contribution in [0.2, 0.25) is 0 Å². The predicted molar refractivity (Wildman–Crippen MR) is 190 cm³/mol. The number of nitrogens with zero attached hydrogens (tertiary/aromatic N) is 5. The topological polar surface area (TPSA) is 193 Å². The lowest BCUT2D eigenvalue weighted by atomic mass is 10.0. The number of methoxy groups -OCH3 is 5. The Bertz CT molecular complexity index is 1970. The van der Waals surface area contributed by atoms with Crippen LogP contribution in [0.25, 0.3) is 11.2 Å². The Balaban J connectivity index is 1.45. The van der Waals surface area contributed by atoms with E-state index in [4.69, 9.17) is 48.4 Å². The number of aromatic nitrogens is 4. The first-order valence-corrected chi connectivity index (χ1v) is 16.6. The van der Waals surface area contributed by atoms with E-state index in [1.807, 2.05) is 6.07 Å². The highest BCUT2D eigenvalue weighted by Gasteiger charge is 2.46. The fraction of sp³-hybridized carbons (Fsp3) is 0.389. The Labute approximate surface area is 305 Å². The second-order valence-electron chi connectivity index (χ2n) is 11.9. The van der Waals surface area contributed by atoms with Crippen molar-refractivity contribution in [3.05, 3.63) is 72.5 Å². The molecule has 0 saturated carbocycles. The molecule has 0 radical (unpaired) electrons. The van der Waals surface area contributed by atoms with Gasteiger partial charge in [-0.3, -0.25) is 9.36 Å². The average Bonchev–Trinajstić information content (AvgIpc) is 3.74. The number of amides is 1. The molecule has 1 saturated heterocycles. The number of nitrogens with two attached hydrogens (primary N) is 1. The van der Waals surface area contributed by atoms with Crippen molar-refractivity contribution in [2.45, 2.75) is 43.9 Å². The van der Waals surface area contributed by atoms with Gasteiger partial charge in [0, 0.05) is 43.9 Å². The summed E-state index contributed by atoms with van der Waals surface area (Å²) in [4.78, 5) is 28.6. The number of hydrogen-bond donors (Lipinski definition) is 2. The first-order chi connectivity index (χ1) is 25.8. The number of carbonyl (C=O) groups is 1. The molecule has 0 aliphatic carbocycles. The summed E-state index contributed by atoms with van der Waals surface area (Å²) in [6.45, 7) is -0.185. The van der Waals surface area contributed by atoms with Crippen LogP contribution < -0.4 is 34.3 Å². The second-order valence-corrected chi connectivity index (χ2v) is 11.9. The molecule has 0 unspecified atom stereocenters. The molecule has 4 aromatic rings. The van der Waals surface area contributed by atoms with E-state index >= 15 is 0 Å². The number of ether oxygens (including phenoxy) is 9. The van der Waals surface area contributed by atoms with Crippen molar-refractivity contribution in [3.63, 3.8) is 0 Å². The summed E-state index contributed by atoms with van der Waals surface area (Å²) in [5.41, 5.74) is 8.33. The molecule has 17 heteroatoms. The van der Waals surface area contributed by atoms with Crippen molar-refractivity contribution in [3.8, 4) is 28.7 Å². The zero-order chi connectivity index (χ0) is 37.5. The first-order valence-electron chi connectivity index (χ1n) is 16.6. The molecule has 2 aliphatic rings. The monoisotopic (exact) mass is 734 g/mol. The van der Waals surface area contributed by atoms with Gasteiger partial charge in [-0.25, -0.2) is 15.0 Å². The number of carbonyl (C=O) groups excluding carboxylic acids is 1. The van der Waals surface area contributed by atoms with Crippen LogP contribution in [-0.4, -0.2) is 98.0 Å². The molecule has 1 amide bonds. The van der Waals surface area contributed by atoms with Crippen LogP contribution in [0.15, 0.2) is 61.4 Å². The van der Waals surface area contributed by atoms with E-state index < -0.39 is 30.4 Å². The number of anilines is 2. The highest BCUT2D eigenvalue weighted by molar-refractivity contribution is 6.03. The summed E-state index contributed by atoms with van der Waals surface area (Å²) in [7, 11) is 7.59. The number of benzene rings is 2. The molecule has 3 N–H and O–H groups in total. The van der Waals surface area contributed by atoms with Crippen molar-refractivity contribution in [2.75, 3.05) is 59.8 Å². The third-order valence-corrected chi connectivity index (χ3v) is 8.76. The quantitative estimate of drug-likeness (QED) is 0.201. The van der Waals surface area contributed by atoms with Crippen LogP contribution in [0.1, 0.15) is 23.8 Å². The van der Waals surface area contributed by atoms with Gasteiger partial charge in [0.1, 0.15) is 35.6 Å². The van der Waals surface area contributed by atoms with Crippen molar-refractivity contribution in [1.82, 2.24) is 19.5 Å². The van der Waals surface area contributed by atoms with Crippen LogP contribution >= 0.6 is 0 Å². The molecule has 4 heterocycles. The molecule has 4 atom stereocenters. The van der Waals surface area contributed by atoms with Gasteiger partial charge in [-0.05, 0) is 30.7 Å². The third kappa shape index (κ3) is 7.64. The van der Waals surface area contributed by atoms with Crippen LogP contribution in [0, 0.1) is 0 Å². The van der Waals surface area contributed by atoms with Gasteiger partial charge in [0.2, 0.25) is 0 Å². The molecule has 17 nitrogen and oxygen atoms in total. The van der Waals surface area contributed by atoms with E-state index in [1.165, 1.54) is 51.2 Å². The predicted octanol–water partition coefficient (Wildman–Crippen LogP) is 3.29. The molecule has 2 aromatic carbocycles. The fourth-order valence-electron chi connectivity index (χ4n) is 6.28. The van der Waals surface area contributed by atoms with Gasteiger partial charge in [0.05, 0.1) is 46.2 Å². The number of nitrogen functional groups attached to an aromatic ring is 1. The third-order valence-electron chi connectivity index (χ3n) is 8.76.